The highest BCUT2D eigenvalue weighted by Crippen LogP contribution is 2.46. The molecule has 0 aromatic carbocycles. The van der Waals surface area contributed by atoms with E-state index in [0.717, 1.165) is 29.1 Å². The van der Waals surface area contributed by atoms with E-state index in [0.29, 0.717) is 24.1 Å². The number of fused-ring (bicyclic) bond motifs is 2. The molecule has 156 valence electrons. The third-order valence-electron chi connectivity index (χ3n) is 6.30. The van der Waals surface area contributed by atoms with Crippen molar-refractivity contribution in [2.45, 2.75) is 43.4 Å². The van der Waals surface area contributed by atoms with E-state index in [9.17, 15) is 9.90 Å². The van der Waals surface area contributed by atoms with Crippen molar-refractivity contribution < 1.29 is 9.90 Å². The normalized spacial score (nSPS) is 25.5. The molecule has 2 fully saturated rings. The van der Waals surface area contributed by atoms with Crippen LogP contribution in [0.3, 0.4) is 0 Å². The number of aromatic nitrogens is 3. The van der Waals surface area contributed by atoms with Crippen LogP contribution in [0.5, 0.6) is 0 Å². The maximum Gasteiger partial charge on any atom is 0.255 e. The molecule has 2 saturated heterocycles. The molecule has 0 radical (unpaired) electrons. The summed E-state index contributed by atoms with van der Waals surface area (Å²) in [5, 5.41) is 20.2. The summed E-state index contributed by atoms with van der Waals surface area (Å²) in [5.41, 5.74) is 1.41. The van der Waals surface area contributed by atoms with Gasteiger partial charge in [0.05, 0.1) is 17.5 Å². The highest BCUT2D eigenvalue weighted by Gasteiger charge is 2.50. The Bertz CT molecular complexity index is 1050. The van der Waals surface area contributed by atoms with Crippen molar-refractivity contribution in [1.82, 2.24) is 20.1 Å². The number of piperidine rings is 1. The van der Waals surface area contributed by atoms with Crippen molar-refractivity contribution in [2.24, 2.45) is 0 Å². The van der Waals surface area contributed by atoms with Crippen LogP contribution in [-0.2, 0) is 5.60 Å². The average molecular weight is 424 g/mol. The van der Waals surface area contributed by atoms with Crippen molar-refractivity contribution in [3.05, 3.63) is 53.3 Å². The minimum Gasteiger partial charge on any atom is -0.383 e. The summed E-state index contributed by atoms with van der Waals surface area (Å²) >= 11 is 1.55. The first-order chi connectivity index (χ1) is 14.4. The number of hydrogen-bond donors (Lipinski definition) is 2. The molecule has 3 aromatic heterocycles. The minimum absolute atomic E-state index is 0.0309. The van der Waals surface area contributed by atoms with Crippen LogP contribution in [-0.4, -0.2) is 57.3 Å². The summed E-state index contributed by atoms with van der Waals surface area (Å²) in [6, 6.07) is 7.79. The van der Waals surface area contributed by atoms with E-state index in [1.165, 1.54) is 0 Å². The van der Waals surface area contributed by atoms with Gasteiger partial charge >= 0.3 is 0 Å². The first kappa shape index (κ1) is 19.3. The molecule has 0 spiro atoms. The number of H-pyrrole nitrogens is 1. The van der Waals surface area contributed by atoms with Gasteiger partial charge in [-0.2, -0.15) is 5.10 Å². The van der Waals surface area contributed by atoms with Gasteiger partial charge in [-0.05, 0) is 31.0 Å². The lowest BCUT2D eigenvalue weighted by Gasteiger charge is -2.43. The molecule has 2 aliphatic heterocycles. The quantitative estimate of drug-likeness (QED) is 0.673. The topological polar surface area (TPSA) is 85.4 Å². The number of carbonyl (C=O) groups excluding carboxylic acids is 1. The Morgan fingerprint density at radius 1 is 1.30 bits per heavy atom. The van der Waals surface area contributed by atoms with Gasteiger partial charge in [-0.25, -0.2) is 4.98 Å². The summed E-state index contributed by atoms with van der Waals surface area (Å²) in [7, 11) is 3.89. The van der Waals surface area contributed by atoms with E-state index in [1.54, 1.807) is 17.5 Å². The number of thiophene rings is 1. The molecule has 2 aliphatic rings. The zero-order valence-corrected chi connectivity index (χ0v) is 17.9. The Kier molecular flexibility index (Phi) is 4.63. The summed E-state index contributed by atoms with van der Waals surface area (Å²) in [4.78, 5) is 23.0. The number of rotatable bonds is 4. The Morgan fingerprint density at radius 3 is 2.73 bits per heavy atom. The van der Waals surface area contributed by atoms with E-state index >= 15 is 0 Å². The molecule has 5 heterocycles. The minimum atomic E-state index is -0.995. The summed E-state index contributed by atoms with van der Waals surface area (Å²) in [6.45, 7) is 0. The molecule has 30 heavy (non-hydrogen) atoms. The monoisotopic (exact) mass is 423 g/mol. The SMILES string of the molecule is CN(C)c1cccc(C2(O)CC3CCC(C2)N3C(=O)c2csc(-c3cn[nH]c3)c2)n1. The van der Waals surface area contributed by atoms with Gasteiger partial charge in [-0.3, -0.25) is 9.89 Å². The Labute approximate surface area is 179 Å². The van der Waals surface area contributed by atoms with E-state index in [2.05, 4.69) is 15.2 Å². The predicted octanol–water partition coefficient (Wildman–Crippen LogP) is 3.25. The fourth-order valence-electron chi connectivity index (χ4n) is 4.83. The van der Waals surface area contributed by atoms with Gasteiger partial charge in [-0.15, -0.1) is 11.3 Å². The van der Waals surface area contributed by atoms with Crippen LogP contribution in [0.4, 0.5) is 5.82 Å². The zero-order valence-electron chi connectivity index (χ0n) is 17.1. The molecule has 2 bridgehead atoms. The molecular weight excluding hydrogens is 398 g/mol. The number of nitrogens with zero attached hydrogens (tertiary/aromatic N) is 4. The van der Waals surface area contributed by atoms with Crippen molar-refractivity contribution in [1.29, 1.82) is 0 Å². The fourth-order valence-corrected chi connectivity index (χ4v) is 5.70. The third kappa shape index (κ3) is 3.20. The van der Waals surface area contributed by atoms with E-state index < -0.39 is 5.60 Å². The number of hydrogen-bond acceptors (Lipinski definition) is 6. The van der Waals surface area contributed by atoms with Gasteiger partial charge in [0.25, 0.3) is 5.91 Å². The second-order valence-corrected chi connectivity index (χ2v) is 9.41. The maximum atomic E-state index is 13.3. The van der Waals surface area contributed by atoms with Crippen LogP contribution in [0, 0.1) is 0 Å². The molecule has 7 nitrogen and oxygen atoms in total. The van der Waals surface area contributed by atoms with Crippen LogP contribution >= 0.6 is 11.3 Å². The highest BCUT2D eigenvalue weighted by atomic mass is 32.1. The molecule has 2 unspecified atom stereocenters. The maximum absolute atomic E-state index is 13.3. The standard InChI is InChI=1S/C22H25N5O2S/c1-26(2)20-5-3-4-19(25-20)22(29)9-16-6-7-17(10-22)27(16)21(28)14-8-18(30-13-14)15-11-23-24-12-15/h3-5,8,11-13,16-17,29H,6-7,9-10H2,1-2H3,(H,23,24). The lowest BCUT2D eigenvalue weighted by atomic mass is 9.83. The first-order valence-corrected chi connectivity index (χ1v) is 11.1. The van der Waals surface area contributed by atoms with Gasteiger partial charge < -0.3 is 14.9 Å². The Hall–Kier alpha value is -2.71. The third-order valence-corrected chi connectivity index (χ3v) is 7.28. The van der Waals surface area contributed by atoms with Crippen LogP contribution < -0.4 is 4.90 Å². The summed E-state index contributed by atoms with van der Waals surface area (Å²) in [6.07, 6.45) is 6.49. The van der Waals surface area contributed by atoms with Crippen molar-refractivity contribution in [2.75, 3.05) is 19.0 Å². The van der Waals surface area contributed by atoms with Gasteiger partial charge in [0, 0.05) is 61.0 Å². The molecule has 1 amide bonds. The van der Waals surface area contributed by atoms with Gasteiger partial charge in [0.1, 0.15) is 11.4 Å². The average Bonchev–Trinajstić information content (AvgIpc) is 3.47. The van der Waals surface area contributed by atoms with Crippen molar-refractivity contribution >= 4 is 23.1 Å². The molecule has 5 rings (SSSR count). The highest BCUT2D eigenvalue weighted by molar-refractivity contribution is 7.13. The van der Waals surface area contributed by atoms with Crippen LogP contribution in [0.25, 0.3) is 10.4 Å². The summed E-state index contributed by atoms with van der Waals surface area (Å²) in [5.74, 6) is 0.891. The number of aliphatic hydroxyl groups is 1. The smallest absolute Gasteiger partial charge is 0.255 e. The lowest BCUT2D eigenvalue weighted by Crippen LogP contribution is -2.52. The molecule has 3 aromatic rings. The van der Waals surface area contributed by atoms with Gasteiger partial charge in [0.2, 0.25) is 0 Å². The predicted molar refractivity (Wildman–Crippen MR) is 117 cm³/mol. The first-order valence-electron chi connectivity index (χ1n) is 10.2. The molecule has 0 saturated carbocycles. The summed E-state index contributed by atoms with van der Waals surface area (Å²) < 4.78 is 0. The lowest BCUT2D eigenvalue weighted by molar-refractivity contribution is -0.0507. The van der Waals surface area contributed by atoms with E-state index in [4.69, 9.17) is 0 Å². The van der Waals surface area contributed by atoms with Crippen molar-refractivity contribution in [3.63, 3.8) is 0 Å². The second-order valence-electron chi connectivity index (χ2n) is 8.50. The van der Waals surface area contributed by atoms with Crippen LogP contribution in [0.15, 0.2) is 42.0 Å². The Morgan fingerprint density at radius 2 is 2.07 bits per heavy atom. The van der Waals surface area contributed by atoms with E-state index in [-0.39, 0.29) is 18.0 Å². The molecular formula is C22H25N5O2S. The van der Waals surface area contributed by atoms with Crippen molar-refractivity contribution in [3.8, 4) is 10.4 Å². The van der Waals surface area contributed by atoms with Gasteiger partial charge in [-0.1, -0.05) is 6.07 Å². The molecule has 2 N–H and O–H groups in total. The number of aromatic amines is 1. The van der Waals surface area contributed by atoms with Gasteiger partial charge in [0.15, 0.2) is 0 Å². The fraction of sp³-hybridized carbons (Fsp3) is 0.409. The zero-order chi connectivity index (χ0) is 20.9. The number of carbonyl (C=O) groups is 1. The second kappa shape index (κ2) is 7.21. The molecule has 0 aliphatic carbocycles. The largest absolute Gasteiger partial charge is 0.383 e. The number of amides is 1. The Balaban J connectivity index is 1.38. The molecule has 8 heteroatoms. The van der Waals surface area contributed by atoms with Crippen LogP contribution in [0.1, 0.15) is 41.7 Å². The molecule has 2 atom stereocenters. The number of anilines is 1. The van der Waals surface area contributed by atoms with E-state index in [1.807, 2.05) is 59.7 Å². The number of pyridine rings is 1. The van der Waals surface area contributed by atoms with Crippen LogP contribution in [0.2, 0.25) is 0 Å². The number of nitrogens with one attached hydrogen (secondary N) is 1.